The molecule has 1 unspecified atom stereocenters. The summed E-state index contributed by atoms with van der Waals surface area (Å²) in [5, 5.41) is 10.3. The van der Waals surface area contributed by atoms with Gasteiger partial charge in [0.2, 0.25) is 0 Å². The second kappa shape index (κ2) is 5.84. The van der Waals surface area contributed by atoms with Crippen molar-refractivity contribution >= 4 is 21.6 Å². The minimum atomic E-state index is -0.467. The average molecular weight is 299 g/mol. The van der Waals surface area contributed by atoms with Gasteiger partial charge in [0.1, 0.15) is 17.4 Å². The molecule has 0 radical (unpaired) electrons. The third-order valence-electron chi connectivity index (χ3n) is 3.15. The number of nitrogens with zero attached hydrogens (tertiary/aromatic N) is 1. The maximum absolute atomic E-state index is 9.27. The van der Waals surface area contributed by atoms with E-state index in [1.807, 2.05) is 18.2 Å². The molecule has 0 saturated heterocycles. The van der Waals surface area contributed by atoms with E-state index in [9.17, 15) is 5.11 Å². The van der Waals surface area contributed by atoms with Crippen LogP contribution in [0.2, 0.25) is 0 Å². The van der Waals surface area contributed by atoms with Gasteiger partial charge < -0.3 is 9.84 Å². The molecule has 3 aromatic rings. The van der Waals surface area contributed by atoms with Crippen molar-refractivity contribution in [1.29, 1.82) is 0 Å². The normalized spacial score (nSPS) is 12.5. The molecule has 1 aromatic heterocycles. The molecular weight excluding hydrogens is 282 g/mol. The largest absolute Gasteiger partial charge is 0.491 e. The average Bonchev–Trinajstić information content (AvgIpc) is 2.88. The fourth-order valence-corrected chi connectivity index (χ4v) is 3.03. The monoisotopic (exact) mass is 299 g/mol. The molecule has 0 aliphatic heterocycles. The first-order chi connectivity index (χ1) is 10.1. The lowest BCUT2D eigenvalue weighted by molar-refractivity contribution is 0.123. The highest BCUT2D eigenvalue weighted by Gasteiger charge is 2.07. The molecule has 0 saturated carbocycles. The summed E-state index contributed by atoms with van der Waals surface area (Å²) < 4.78 is 6.63. The molecule has 0 amide bonds. The molecule has 1 atom stereocenters. The maximum atomic E-state index is 9.27. The van der Waals surface area contributed by atoms with E-state index >= 15 is 0 Å². The van der Waals surface area contributed by atoms with E-state index in [-0.39, 0.29) is 0 Å². The van der Waals surface area contributed by atoms with Crippen molar-refractivity contribution in [2.24, 2.45) is 0 Å². The van der Waals surface area contributed by atoms with E-state index in [0.717, 1.165) is 26.5 Å². The van der Waals surface area contributed by atoms with Gasteiger partial charge in [-0.25, -0.2) is 4.98 Å². The molecule has 0 aliphatic carbocycles. The van der Waals surface area contributed by atoms with Gasteiger partial charge in [-0.15, -0.1) is 11.3 Å². The zero-order chi connectivity index (χ0) is 14.8. The van der Waals surface area contributed by atoms with Crippen molar-refractivity contribution in [2.45, 2.75) is 20.0 Å². The van der Waals surface area contributed by atoms with E-state index in [0.29, 0.717) is 6.61 Å². The Kier molecular flexibility index (Phi) is 3.90. The van der Waals surface area contributed by atoms with E-state index in [1.165, 1.54) is 5.56 Å². The van der Waals surface area contributed by atoms with E-state index in [1.54, 1.807) is 18.3 Å². The Hall–Kier alpha value is -1.91. The molecule has 4 heteroatoms. The molecule has 0 spiro atoms. The summed E-state index contributed by atoms with van der Waals surface area (Å²) in [6.07, 6.45) is -0.467. The second-order valence-electron chi connectivity index (χ2n) is 5.17. The quantitative estimate of drug-likeness (QED) is 0.791. The Morgan fingerprint density at radius 1 is 1.19 bits per heavy atom. The summed E-state index contributed by atoms with van der Waals surface area (Å²) in [6, 6.07) is 14.2. The molecular formula is C17H17NO2S. The van der Waals surface area contributed by atoms with Crippen LogP contribution in [0.4, 0.5) is 0 Å². The summed E-state index contributed by atoms with van der Waals surface area (Å²) in [7, 11) is 0. The molecule has 0 fully saturated rings. The Bertz CT molecular complexity index is 747. The number of hydrogen-bond acceptors (Lipinski definition) is 4. The van der Waals surface area contributed by atoms with Crippen LogP contribution >= 0.6 is 11.3 Å². The molecule has 0 aliphatic rings. The molecule has 3 rings (SSSR count). The first-order valence-electron chi connectivity index (χ1n) is 6.90. The molecule has 108 valence electrons. The summed E-state index contributed by atoms with van der Waals surface area (Å²) >= 11 is 1.65. The van der Waals surface area contributed by atoms with Gasteiger partial charge in [0.25, 0.3) is 0 Å². The van der Waals surface area contributed by atoms with Crippen molar-refractivity contribution in [1.82, 2.24) is 4.98 Å². The first-order valence-corrected chi connectivity index (χ1v) is 7.72. The number of aliphatic hydroxyl groups excluding tert-OH is 1. The lowest BCUT2D eigenvalue weighted by atomic mass is 10.2. The second-order valence-corrected chi connectivity index (χ2v) is 6.21. The molecule has 2 aromatic carbocycles. The van der Waals surface area contributed by atoms with Gasteiger partial charge in [0.05, 0.1) is 16.3 Å². The maximum Gasteiger partial charge on any atom is 0.124 e. The summed E-state index contributed by atoms with van der Waals surface area (Å²) in [5.41, 5.74) is 3.35. The minimum absolute atomic E-state index is 0.301. The number of benzene rings is 2. The fraction of sp³-hybridized carbons (Fsp3) is 0.235. The van der Waals surface area contributed by atoms with Crippen LogP contribution in [0.5, 0.6) is 5.75 Å². The number of aliphatic hydroxyl groups is 1. The van der Waals surface area contributed by atoms with Crippen LogP contribution < -0.4 is 4.74 Å². The Morgan fingerprint density at radius 3 is 2.67 bits per heavy atom. The van der Waals surface area contributed by atoms with Crippen LogP contribution in [-0.2, 0) is 0 Å². The topological polar surface area (TPSA) is 42.4 Å². The predicted octanol–water partition coefficient (Wildman–Crippen LogP) is 4.03. The van der Waals surface area contributed by atoms with Gasteiger partial charge >= 0.3 is 0 Å². The van der Waals surface area contributed by atoms with Gasteiger partial charge in [0.15, 0.2) is 0 Å². The van der Waals surface area contributed by atoms with Crippen molar-refractivity contribution in [3.05, 3.63) is 48.0 Å². The summed E-state index contributed by atoms with van der Waals surface area (Å²) in [4.78, 5) is 4.66. The minimum Gasteiger partial charge on any atom is -0.491 e. The van der Waals surface area contributed by atoms with Crippen LogP contribution in [-0.4, -0.2) is 22.8 Å². The van der Waals surface area contributed by atoms with Crippen LogP contribution in [0.3, 0.4) is 0 Å². The van der Waals surface area contributed by atoms with E-state index < -0.39 is 6.10 Å². The number of thiazole rings is 1. The number of rotatable bonds is 4. The third-order valence-corrected chi connectivity index (χ3v) is 4.22. The number of aromatic nitrogens is 1. The van der Waals surface area contributed by atoms with Crippen LogP contribution in [0, 0.1) is 6.92 Å². The zero-order valence-corrected chi connectivity index (χ0v) is 12.9. The number of aryl methyl sites for hydroxylation is 1. The Morgan fingerprint density at radius 2 is 1.95 bits per heavy atom. The van der Waals surface area contributed by atoms with Crippen molar-refractivity contribution < 1.29 is 9.84 Å². The van der Waals surface area contributed by atoms with Crippen LogP contribution in [0.25, 0.3) is 20.8 Å². The van der Waals surface area contributed by atoms with Crippen molar-refractivity contribution in [2.75, 3.05) is 6.61 Å². The molecule has 21 heavy (non-hydrogen) atoms. The van der Waals surface area contributed by atoms with Gasteiger partial charge in [-0.1, -0.05) is 29.8 Å². The Balaban J connectivity index is 1.91. The van der Waals surface area contributed by atoms with Gasteiger partial charge in [0, 0.05) is 5.56 Å². The Labute approximate surface area is 127 Å². The number of ether oxygens (including phenoxy) is 1. The molecule has 3 nitrogen and oxygen atoms in total. The predicted molar refractivity (Wildman–Crippen MR) is 87.0 cm³/mol. The summed E-state index contributed by atoms with van der Waals surface area (Å²) in [6.45, 7) is 4.09. The standard InChI is InChI=1S/C17H17NO2S/c1-11-3-5-13(6-4-11)17-18-15-8-7-14(9-16(15)21-17)20-10-12(2)19/h3-9,12,19H,10H2,1-2H3. The smallest absolute Gasteiger partial charge is 0.124 e. The van der Waals surface area contributed by atoms with E-state index in [2.05, 4.69) is 36.2 Å². The van der Waals surface area contributed by atoms with Crippen molar-refractivity contribution in [3.8, 4) is 16.3 Å². The van der Waals surface area contributed by atoms with Crippen LogP contribution in [0.1, 0.15) is 12.5 Å². The zero-order valence-electron chi connectivity index (χ0n) is 12.0. The van der Waals surface area contributed by atoms with Gasteiger partial charge in [-0.05, 0) is 32.0 Å². The highest BCUT2D eigenvalue weighted by atomic mass is 32.1. The highest BCUT2D eigenvalue weighted by molar-refractivity contribution is 7.21. The molecule has 0 bridgehead atoms. The first kappa shape index (κ1) is 14.0. The van der Waals surface area contributed by atoms with Gasteiger partial charge in [-0.3, -0.25) is 0 Å². The lowest BCUT2D eigenvalue weighted by Crippen LogP contribution is -2.12. The SMILES string of the molecule is Cc1ccc(-c2nc3ccc(OCC(C)O)cc3s2)cc1. The third kappa shape index (κ3) is 3.23. The van der Waals surface area contributed by atoms with E-state index in [4.69, 9.17) is 4.74 Å². The van der Waals surface area contributed by atoms with Gasteiger partial charge in [-0.2, -0.15) is 0 Å². The summed E-state index contributed by atoms with van der Waals surface area (Å²) in [5.74, 6) is 0.766. The number of hydrogen-bond donors (Lipinski definition) is 1. The highest BCUT2D eigenvalue weighted by Crippen LogP contribution is 2.32. The van der Waals surface area contributed by atoms with Crippen LogP contribution in [0.15, 0.2) is 42.5 Å². The molecule has 1 N–H and O–H groups in total. The lowest BCUT2D eigenvalue weighted by Gasteiger charge is -2.07. The fourth-order valence-electron chi connectivity index (χ4n) is 2.03. The molecule has 1 heterocycles. The number of fused-ring (bicyclic) bond motifs is 1. The van der Waals surface area contributed by atoms with Crippen molar-refractivity contribution in [3.63, 3.8) is 0 Å².